The van der Waals surface area contributed by atoms with E-state index in [9.17, 15) is 22.0 Å². The molecule has 0 spiro atoms. The summed E-state index contributed by atoms with van der Waals surface area (Å²) in [6, 6.07) is 4.58. The van der Waals surface area contributed by atoms with Crippen molar-refractivity contribution in [3.63, 3.8) is 0 Å². The van der Waals surface area contributed by atoms with Crippen molar-refractivity contribution in [3.8, 4) is 17.4 Å². The van der Waals surface area contributed by atoms with Crippen LogP contribution in [0.3, 0.4) is 0 Å². The van der Waals surface area contributed by atoms with Gasteiger partial charge in [0.2, 0.25) is 0 Å². The van der Waals surface area contributed by atoms with Crippen LogP contribution in [0.25, 0.3) is 5.69 Å². The third kappa shape index (κ3) is 5.81. The topological polar surface area (TPSA) is 84.2 Å². The largest absolute Gasteiger partial charge is 0.457 e. The zero-order valence-electron chi connectivity index (χ0n) is 14.4. The van der Waals surface area contributed by atoms with Gasteiger partial charge in [0.05, 0.1) is 24.2 Å². The summed E-state index contributed by atoms with van der Waals surface area (Å²) in [4.78, 5) is 7.73. The van der Waals surface area contributed by atoms with Crippen molar-refractivity contribution in [2.75, 3.05) is 0 Å². The van der Waals surface area contributed by atoms with Crippen LogP contribution < -0.4 is 9.47 Å². The Morgan fingerprint density at radius 1 is 1.00 bits per heavy atom. The van der Waals surface area contributed by atoms with E-state index >= 15 is 0 Å². The molecule has 0 amide bonds. The molecule has 0 unspecified atom stereocenters. The van der Waals surface area contributed by atoms with Gasteiger partial charge in [-0.3, -0.25) is 0 Å². The molecule has 0 N–H and O–H groups in total. The van der Waals surface area contributed by atoms with Crippen LogP contribution >= 0.6 is 0 Å². The lowest BCUT2D eigenvalue weighted by atomic mass is 10.3. The molecule has 0 fully saturated rings. The lowest BCUT2D eigenvalue weighted by molar-refractivity contribution is -0.138. The average molecular weight is 417 g/mol. The summed E-state index contributed by atoms with van der Waals surface area (Å²) in [7, 11) is 0. The molecular weight excluding hydrogens is 405 g/mol. The van der Waals surface area contributed by atoms with Gasteiger partial charge in [-0.15, -0.1) is 5.10 Å². The van der Waals surface area contributed by atoms with Crippen LogP contribution in [0.15, 0.2) is 36.7 Å². The van der Waals surface area contributed by atoms with E-state index in [4.69, 9.17) is 4.74 Å². The predicted octanol–water partition coefficient (Wildman–Crippen LogP) is 3.12. The molecule has 0 aliphatic heterocycles. The third-order valence-electron chi connectivity index (χ3n) is 3.33. The molecule has 13 heteroatoms. The molecule has 0 saturated heterocycles. The fraction of sp³-hybridized carbons (Fsp3) is 0.250. The second-order valence-electron chi connectivity index (χ2n) is 5.34. The molecule has 3 rings (SSSR count). The third-order valence-corrected chi connectivity index (χ3v) is 3.33. The van der Waals surface area contributed by atoms with Crippen LogP contribution in [0.2, 0.25) is 0 Å². The highest BCUT2D eigenvalue weighted by Gasteiger charge is 2.13. The summed E-state index contributed by atoms with van der Waals surface area (Å²) in [5.41, 5.74) is 0.725. The van der Waals surface area contributed by atoms with Crippen LogP contribution in [-0.2, 0) is 18.0 Å². The minimum absolute atomic E-state index is 0.0932. The number of ether oxygens (including phenoxy) is 3. The van der Waals surface area contributed by atoms with Crippen molar-refractivity contribution < 1.29 is 36.2 Å². The van der Waals surface area contributed by atoms with Gasteiger partial charge in [0, 0.05) is 12.3 Å². The van der Waals surface area contributed by atoms with Gasteiger partial charge in [0.25, 0.3) is 0 Å². The molecule has 0 saturated carbocycles. The van der Waals surface area contributed by atoms with E-state index < -0.39 is 31.4 Å². The van der Waals surface area contributed by atoms with Crippen LogP contribution in [0, 0.1) is 5.82 Å². The zero-order chi connectivity index (χ0) is 20.8. The van der Waals surface area contributed by atoms with E-state index in [2.05, 4.69) is 29.8 Å². The van der Waals surface area contributed by atoms with E-state index in [-0.39, 0.29) is 24.0 Å². The van der Waals surface area contributed by atoms with Gasteiger partial charge >= 0.3 is 19.2 Å². The SMILES string of the molecule is Fc1ccc(-n2cc(COc3nccc(COC(F)F)n3)nn2)cc1OC(F)F. The van der Waals surface area contributed by atoms with E-state index in [1.807, 2.05) is 0 Å². The average Bonchev–Trinajstić information content (AvgIpc) is 3.15. The van der Waals surface area contributed by atoms with E-state index in [1.54, 1.807) is 0 Å². The first-order valence-corrected chi connectivity index (χ1v) is 7.91. The van der Waals surface area contributed by atoms with Crippen LogP contribution in [0.4, 0.5) is 22.0 Å². The number of halogens is 5. The first kappa shape index (κ1) is 20.4. The summed E-state index contributed by atoms with van der Waals surface area (Å²) in [5, 5.41) is 7.62. The Labute approximate surface area is 159 Å². The minimum Gasteiger partial charge on any atom is -0.457 e. The molecule has 2 aromatic heterocycles. The number of benzene rings is 1. The highest BCUT2D eigenvalue weighted by Crippen LogP contribution is 2.22. The van der Waals surface area contributed by atoms with Crippen LogP contribution in [0.5, 0.6) is 11.8 Å². The Balaban J connectivity index is 1.65. The summed E-state index contributed by atoms with van der Waals surface area (Å²) >= 11 is 0. The van der Waals surface area contributed by atoms with Crippen LogP contribution in [0.1, 0.15) is 11.4 Å². The van der Waals surface area contributed by atoms with Gasteiger partial charge < -0.3 is 14.2 Å². The van der Waals surface area contributed by atoms with Crippen molar-refractivity contribution >= 4 is 0 Å². The standard InChI is InChI=1S/C16H12F5N5O3/c17-12-2-1-11(5-13(12)29-15(20)21)26-6-10(24-25-26)8-28-16-22-4-3-9(23-16)7-27-14(18)19/h1-6,14-15H,7-8H2. The van der Waals surface area contributed by atoms with E-state index in [0.29, 0.717) is 5.69 Å². The summed E-state index contributed by atoms with van der Waals surface area (Å²) in [6.07, 6.45) is 2.72. The first-order chi connectivity index (χ1) is 13.9. The van der Waals surface area contributed by atoms with Crippen molar-refractivity contribution in [1.82, 2.24) is 25.0 Å². The zero-order valence-corrected chi connectivity index (χ0v) is 14.4. The molecule has 1 aromatic carbocycles. The summed E-state index contributed by atoms with van der Waals surface area (Å²) < 4.78 is 77.0. The fourth-order valence-electron chi connectivity index (χ4n) is 2.12. The predicted molar refractivity (Wildman–Crippen MR) is 85.1 cm³/mol. The Kier molecular flexibility index (Phi) is 6.49. The van der Waals surface area contributed by atoms with Gasteiger partial charge in [-0.25, -0.2) is 14.1 Å². The molecule has 8 nitrogen and oxygen atoms in total. The van der Waals surface area contributed by atoms with Crippen molar-refractivity contribution in [2.24, 2.45) is 0 Å². The quantitative estimate of drug-likeness (QED) is 0.495. The Bertz CT molecular complexity index is 956. The van der Waals surface area contributed by atoms with Gasteiger partial charge in [0.15, 0.2) is 11.6 Å². The van der Waals surface area contributed by atoms with E-state index in [0.717, 1.165) is 12.1 Å². The molecule has 0 aliphatic rings. The molecule has 154 valence electrons. The summed E-state index contributed by atoms with van der Waals surface area (Å²) in [6.45, 7) is -6.65. The van der Waals surface area contributed by atoms with Gasteiger partial charge in [-0.2, -0.15) is 22.5 Å². The van der Waals surface area contributed by atoms with Crippen molar-refractivity contribution in [1.29, 1.82) is 0 Å². The molecule has 0 bridgehead atoms. The molecule has 29 heavy (non-hydrogen) atoms. The number of hydrogen-bond acceptors (Lipinski definition) is 7. The number of alkyl halides is 4. The van der Waals surface area contributed by atoms with Crippen molar-refractivity contribution in [3.05, 3.63) is 53.9 Å². The molecule has 0 atom stereocenters. The number of aromatic nitrogens is 5. The maximum atomic E-state index is 13.5. The maximum absolute atomic E-state index is 13.5. The maximum Gasteiger partial charge on any atom is 0.387 e. The molecule has 2 heterocycles. The van der Waals surface area contributed by atoms with Gasteiger partial charge in [-0.1, -0.05) is 5.21 Å². The second-order valence-corrected chi connectivity index (χ2v) is 5.34. The normalized spacial score (nSPS) is 11.3. The highest BCUT2D eigenvalue weighted by molar-refractivity contribution is 5.39. The lowest BCUT2D eigenvalue weighted by Gasteiger charge is -2.07. The van der Waals surface area contributed by atoms with Crippen LogP contribution in [-0.4, -0.2) is 38.2 Å². The first-order valence-electron chi connectivity index (χ1n) is 7.91. The Morgan fingerprint density at radius 2 is 1.83 bits per heavy atom. The summed E-state index contributed by atoms with van der Waals surface area (Å²) in [5.74, 6) is -1.59. The number of nitrogens with zero attached hydrogens (tertiary/aromatic N) is 5. The Hall–Kier alpha value is -3.35. The molecular formula is C16H12F5N5O3. The van der Waals surface area contributed by atoms with Gasteiger partial charge in [-0.05, 0) is 18.2 Å². The number of hydrogen-bond donors (Lipinski definition) is 0. The van der Waals surface area contributed by atoms with Gasteiger partial charge in [0.1, 0.15) is 12.3 Å². The lowest BCUT2D eigenvalue weighted by Crippen LogP contribution is -2.05. The van der Waals surface area contributed by atoms with Crippen molar-refractivity contribution in [2.45, 2.75) is 26.4 Å². The molecule has 0 aliphatic carbocycles. The number of rotatable bonds is 9. The van der Waals surface area contributed by atoms with E-state index in [1.165, 1.54) is 29.2 Å². The highest BCUT2D eigenvalue weighted by atomic mass is 19.3. The molecule has 0 radical (unpaired) electrons. The fourth-order valence-corrected chi connectivity index (χ4v) is 2.12. The Morgan fingerprint density at radius 3 is 2.59 bits per heavy atom. The smallest absolute Gasteiger partial charge is 0.387 e. The minimum atomic E-state index is -3.18. The molecule has 3 aromatic rings. The second kappa shape index (κ2) is 9.23. The monoisotopic (exact) mass is 417 g/mol.